The van der Waals surface area contributed by atoms with Crippen molar-refractivity contribution in [2.45, 2.75) is 31.4 Å². The number of ether oxygens (including phenoxy) is 1. The van der Waals surface area contributed by atoms with E-state index in [2.05, 4.69) is 85.7 Å². The Morgan fingerprint density at radius 1 is 0.805 bits per heavy atom. The number of amides is 2. The highest BCUT2D eigenvalue weighted by atomic mass is 32.1. The van der Waals surface area contributed by atoms with E-state index in [0.29, 0.717) is 18.8 Å². The number of fused-ring (bicyclic) bond motifs is 2. The Bertz CT molecular complexity index is 1660. The minimum atomic E-state index is -0.294. The first-order valence-corrected chi connectivity index (χ1v) is 14.8. The number of nitrogens with one attached hydrogen (secondary N) is 1. The number of piperidine rings is 1. The lowest BCUT2D eigenvalue weighted by Crippen LogP contribution is -2.51. The summed E-state index contributed by atoms with van der Waals surface area (Å²) in [5.41, 5.74) is 6.79. The summed E-state index contributed by atoms with van der Waals surface area (Å²) in [6, 6.07) is 33.3. The molecule has 4 aromatic carbocycles. The summed E-state index contributed by atoms with van der Waals surface area (Å²) < 4.78 is 15.4. The van der Waals surface area contributed by atoms with E-state index in [1.807, 2.05) is 35.2 Å². The van der Waals surface area contributed by atoms with Gasteiger partial charge in [-0.15, -0.1) is 0 Å². The molecule has 1 N–H and O–H groups in total. The molecule has 2 aliphatic rings. The molecule has 8 heteroatoms. The number of aromatic nitrogens is 2. The van der Waals surface area contributed by atoms with Crippen LogP contribution >= 0.6 is 11.7 Å². The number of para-hydroxylation sites is 2. The monoisotopic (exact) mass is 561 g/mol. The van der Waals surface area contributed by atoms with E-state index in [1.54, 1.807) is 0 Å². The Morgan fingerprint density at radius 2 is 1.54 bits per heavy atom. The number of hydrogen-bond donors (Lipinski definition) is 1. The third-order valence-corrected chi connectivity index (χ3v) is 8.84. The van der Waals surface area contributed by atoms with Gasteiger partial charge in [0.05, 0.1) is 23.1 Å². The molecule has 41 heavy (non-hydrogen) atoms. The number of carbonyl (C=O) groups is 1. The first kappa shape index (κ1) is 25.5. The minimum absolute atomic E-state index is 0.102. The Morgan fingerprint density at radius 3 is 2.37 bits per heavy atom. The van der Waals surface area contributed by atoms with Crippen LogP contribution in [0, 0.1) is 0 Å². The number of hydrogen-bond acceptors (Lipinski definition) is 6. The van der Waals surface area contributed by atoms with Crippen LogP contribution in [0.4, 0.5) is 16.2 Å². The third-order valence-electron chi connectivity index (χ3n) is 8.29. The second-order valence-corrected chi connectivity index (χ2v) is 11.4. The van der Waals surface area contributed by atoms with Crippen LogP contribution in [0.25, 0.3) is 22.2 Å². The van der Waals surface area contributed by atoms with E-state index in [9.17, 15) is 4.79 Å². The summed E-state index contributed by atoms with van der Waals surface area (Å²) in [5.74, 6) is 0.923. The maximum atomic E-state index is 13.2. The van der Waals surface area contributed by atoms with Crippen molar-refractivity contribution in [1.82, 2.24) is 13.6 Å². The van der Waals surface area contributed by atoms with Gasteiger partial charge in [0.1, 0.15) is 22.4 Å². The molecule has 2 amide bonds. The quantitative estimate of drug-likeness (QED) is 0.251. The van der Waals surface area contributed by atoms with Gasteiger partial charge in [0.2, 0.25) is 0 Å². The SMILES string of the molecule is O=C(Nc1cccc2nsnc12)N1CCC2(CC1)CCN(Cc1ccc(-c3ccccc3)cc1)c1ccccc1O2. The zero-order chi connectivity index (χ0) is 27.6. The number of likely N-dealkylation sites (tertiary alicyclic amines) is 1. The molecule has 7 rings (SSSR count). The normalized spacial score (nSPS) is 16.2. The number of carbonyl (C=O) groups excluding carboxylic acids is 1. The van der Waals surface area contributed by atoms with Gasteiger partial charge in [-0.3, -0.25) is 0 Å². The standard InChI is InChI=1S/C33H31N5O2S/c39-32(34-27-9-6-10-28-31(27)36-41-35-28)37-20-17-33(18-21-37)19-22-38(29-11-4-5-12-30(29)40-33)23-24-13-15-26(16-14-24)25-7-2-1-3-8-25/h1-16H,17-23H2,(H,34,39). The van der Waals surface area contributed by atoms with E-state index < -0.39 is 0 Å². The molecule has 0 aliphatic carbocycles. The lowest BCUT2D eigenvalue weighted by molar-refractivity contribution is 0.0110. The van der Waals surface area contributed by atoms with Gasteiger partial charge in [0.15, 0.2) is 0 Å². The predicted molar refractivity (Wildman–Crippen MR) is 165 cm³/mol. The fraction of sp³-hybridized carbons (Fsp3) is 0.242. The molecule has 1 fully saturated rings. The van der Waals surface area contributed by atoms with Crippen LogP contribution in [0.2, 0.25) is 0 Å². The minimum Gasteiger partial charge on any atom is -0.485 e. The summed E-state index contributed by atoms with van der Waals surface area (Å²) in [6.07, 6.45) is 2.48. The van der Waals surface area contributed by atoms with E-state index in [1.165, 1.54) is 16.7 Å². The van der Waals surface area contributed by atoms with Gasteiger partial charge in [0, 0.05) is 45.4 Å². The average molecular weight is 562 g/mol. The van der Waals surface area contributed by atoms with Crippen molar-refractivity contribution < 1.29 is 9.53 Å². The van der Waals surface area contributed by atoms with Gasteiger partial charge in [-0.2, -0.15) is 8.75 Å². The zero-order valence-corrected chi connectivity index (χ0v) is 23.5. The molecule has 0 saturated carbocycles. The lowest BCUT2D eigenvalue weighted by atomic mass is 9.87. The zero-order valence-electron chi connectivity index (χ0n) is 22.7. The second-order valence-electron chi connectivity index (χ2n) is 10.8. The highest BCUT2D eigenvalue weighted by molar-refractivity contribution is 7.00. The molecule has 0 unspecified atom stereocenters. The first-order valence-electron chi connectivity index (χ1n) is 14.1. The Balaban J connectivity index is 1.03. The summed E-state index contributed by atoms with van der Waals surface area (Å²) in [7, 11) is 0. The molecule has 1 spiro atoms. The molecule has 1 aromatic heterocycles. The number of urea groups is 1. The summed E-state index contributed by atoms with van der Waals surface area (Å²) in [4.78, 5) is 17.5. The molecule has 0 radical (unpaired) electrons. The molecule has 0 atom stereocenters. The first-order chi connectivity index (χ1) is 20.2. The summed E-state index contributed by atoms with van der Waals surface area (Å²) in [5, 5.41) is 3.05. The van der Waals surface area contributed by atoms with Crippen molar-refractivity contribution in [2.75, 3.05) is 29.9 Å². The molecule has 5 aromatic rings. The van der Waals surface area contributed by atoms with E-state index in [-0.39, 0.29) is 11.6 Å². The molecule has 7 nitrogen and oxygen atoms in total. The summed E-state index contributed by atoms with van der Waals surface area (Å²) in [6.45, 7) is 2.99. The van der Waals surface area contributed by atoms with Gasteiger partial charge >= 0.3 is 6.03 Å². The van der Waals surface area contributed by atoms with Crippen molar-refractivity contribution in [2.24, 2.45) is 0 Å². The molecule has 1 saturated heterocycles. The van der Waals surface area contributed by atoms with Crippen molar-refractivity contribution in [1.29, 1.82) is 0 Å². The maximum absolute atomic E-state index is 13.2. The largest absolute Gasteiger partial charge is 0.485 e. The maximum Gasteiger partial charge on any atom is 0.321 e. The third kappa shape index (κ3) is 5.23. The highest BCUT2D eigenvalue weighted by Crippen LogP contribution is 2.41. The molecular formula is C33H31N5O2S. The number of nitrogens with zero attached hydrogens (tertiary/aromatic N) is 4. The molecule has 3 heterocycles. The predicted octanol–water partition coefficient (Wildman–Crippen LogP) is 7.21. The van der Waals surface area contributed by atoms with Gasteiger partial charge < -0.3 is 19.9 Å². The van der Waals surface area contributed by atoms with Crippen LogP contribution < -0.4 is 15.0 Å². The van der Waals surface area contributed by atoms with Crippen molar-refractivity contribution in [3.8, 4) is 16.9 Å². The Hall–Kier alpha value is -4.43. The van der Waals surface area contributed by atoms with Crippen molar-refractivity contribution in [3.05, 3.63) is 103 Å². The number of anilines is 2. The molecule has 2 aliphatic heterocycles. The van der Waals surface area contributed by atoms with Crippen LogP contribution in [-0.2, 0) is 6.54 Å². The Labute approximate surface area is 243 Å². The number of rotatable bonds is 4. The van der Waals surface area contributed by atoms with E-state index >= 15 is 0 Å². The highest BCUT2D eigenvalue weighted by Gasteiger charge is 2.40. The van der Waals surface area contributed by atoms with Gasteiger partial charge in [-0.25, -0.2) is 4.79 Å². The van der Waals surface area contributed by atoms with Crippen LogP contribution in [0.3, 0.4) is 0 Å². The topological polar surface area (TPSA) is 70.6 Å². The van der Waals surface area contributed by atoms with Crippen molar-refractivity contribution >= 4 is 40.2 Å². The van der Waals surface area contributed by atoms with Gasteiger partial charge in [-0.05, 0) is 41.0 Å². The van der Waals surface area contributed by atoms with Crippen LogP contribution in [0.5, 0.6) is 5.75 Å². The van der Waals surface area contributed by atoms with Gasteiger partial charge in [-0.1, -0.05) is 72.8 Å². The second kappa shape index (κ2) is 10.9. The number of benzene rings is 4. The van der Waals surface area contributed by atoms with E-state index in [4.69, 9.17) is 4.74 Å². The molecule has 206 valence electrons. The van der Waals surface area contributed by atoms with Crippen LogP contribution in [0.15, 0.2) is 97.1 Å². The van der Waals surface area contributed by atoms with Crippen molar-refractivity contribution in [3.63, 3.8) is 0 Å². The smallest absolute Gasteiger partial charge is 0.321 e. The lowest BCUT2D eigenvalue weighted by Gasteiger charge is -2.41. The molecular weight excluding hydrogens is 530 g/mol. The molecule has 0 bridgehead atoms. The fourth-order valence-electron chi connectivity index (χ4n) is 5.94. The summed E-state index contributed by atoms with van der Waals surface area (Å²) >= 11 is 1.16. The van der Waals surface area contributed by atoms with Crippen LogP contribution in [-0.4, -0.2) is 44.9 Å². The average Bonchev–Trinajstić information content (AvgIpc) is 3.46. The van der Waals surface area contributed by atoms with Crippen LogP contribution in [0.1, 0.15) is 24.8 Å². The fourth-order valence-corrected chi connectivity index (χ4v) is 6.49. The van der Waals surface area contributed by atoms with Gasteiger partial charge in [0.25, 0.3) is 0 Å². The Kier molecular flexibility index (Phi) is 6.76. The van der Waals surface area contributed by atoms with E-state index in [0.717, 1.165) is 66.6 Å².